The quantitative estimate of drug-likeness (QED) is 0.420. The van der Waals surface area contributed by atoms with Crippen LogP contribution < -0.4 is 0 Å². The van der Waals surface area contributed by atoms with E-state index < -0.39 is 29.6 Å². The molecule has 28 heavy (non-hydrogen) atoms. The van der Waals surface area contributed by atoms with Gasteiger partial charge in [-0.1, -0.05) is 30.3 Å². The molecule has 0 radical (unpaired) electrons. The van der Waals surface area contributed by atoms with Crippen LogP contribution in [0.4, 0.5) is 26.3 Å². The highest BCUT2D eigenvalue weighted by atomic mass is 19.4. The molecule has 0 aliphatic carbocycles. The van der Waals surface area contributed by atoms with E-state index in [9.17, 15) is 26.3 Å². The number of methoxy groups -OCH3 is 1. The third-order valence-corrected chi connectivity index (χ3v) is 3.75. The summed E-state index contributed by atoms with van der Waals surface area (Å²) < 4.78 is 93.8. The maximum atomic E-state index is 13.1. The lowest BCUT2D eigenvalue weighted by molar-refractivity contribution is -0.143. The number of hydrogen-bond acceptors (Lipinski definition) is 3. The summed E-state index contributed by atoms with van der Waals surface area (Å²) in [7, 11) is 1.29. The standard InChI is InChI=1S/C19H18F6O3/c1-26-12-28-17(11-27-10-13-5-3-2-4-6-13)14-7-15(18(20,21)22)9-16(8-14)19(23,24)25/h2-9,17H,10-12H2,1H3/t17-/m1/s1. The zero-order valence-electron chi connectivity index (χ0n) is 14.8. The summed E-state index contributed by atoms with van der Waals surface area (Å²) in [5.74, 6) is 0. The number of ether oxygens (including phenoxy) is 3. The molecule has 2 aromatic carbocycles. The van der Waals surface area contributed by atoms with Crippen LogP contribution in [0.15, 0.2) is 48.5 Å². The molecular formula is C19H18F6O3. The molecule has 0 unspecified atom stereocenters. The predicted molar refractivity (Wildman–Crippen MR) is 88.2 cm³/mol. The van der Waals surface area contributed by atoms with E-state index in [2.05, 4.69) is 0 Å². The molecule has 0 heterocycles. The van der Waals surface area contributed by atoms with Crippen molar-refractivity contribution < 1.29 is 40.6 Å². The molecule has 0 saturated heterocycles. The SMILES string of the molecule is COCO[C@H](COCc1ccccc1)c1cc(C(F)(F)F)cc(C(F)(F)F)c1. The van der Waals surface area contributed by atoms with Crippen LogP contribution >= 0.6 is 0 Å². The summed E-state index contributed by atoms with van der Waals surface area (Å²) in [4.78, 5) is 0. The summed E-state index contributed by atoms with van der Waals surface area (Å²) in [6.45, 7) is -0.452. The maximum absolute atomic E-state index is 13.1. The second-order valence-electron chi connectivity index (χ2n) is 5.90. The van der Waals surface area contributed by atoms with Gasteiger partial charge in [0.2, 0.25) is 0 Å². The molecule has 0 aromatic heterocycles. The molecule has 0 N–H and O–H groups in total. The molecule has 2 rings (SSSR count). The highest BCUT2D eigenvalue weighted by Gasteiger charge is 2.37. The highest BCUT2D eigenvalue weighted by Crippen LogP contribution is 2.38. The van der Waals surface area contributed by atoms with Crippen LogP contribution in [0.3, 0.4) is 0 Å². The van der Waals surface area contributed by atoms with Crippen LogP contribution in [-0.4, -0.2) is 20.5 Å². The maximum Gasteiger partial charge on any atom is 0.416 e. The molecule has 0 fully saturated rings. The van der Waals surface area contributed by atoms with Crippen molar-refractivity contribution in [3.8, 4) is 0 Å². The smallest absolute Gasteiger partial charge is 0.374 e. The average molecular weight is 408 g/mol. The first-order valence-electron chi connectivity index (χ1n) is 8.13. The van der Waals surface area contributed by atoms with Crippen molar-refractivity contribution in [3.05, 3.63) is 70.8 Å². The molecule has 0 aliphatic rings. The van der Waals surface area contributed by atoms with Gasteiger partial charge in [-0.2, -0.15) is 26.3 Å². The zero-order chi connectivity index (χ0) is 20.8. The second kappa shape index (κ2) is 9.40. The number of alkyl halides is 6. The molecular weight excluding hydrogens is 390 g/mol. The lowest BCUT2D eigenvalue weighted by Gasteiger charge is -2.21. The lowest BCUT2D eigenvalue weighted by atomic mass is 10.0. The minimum atomic E-state index is -4.94. The van der Waals surface area contributed by atoms with E-state index in [-0.39, 0.29) is 31.6 Å². The Morgan fingerprint density at radius 2 is 1.43 bits per heavy atom. The molecule has 154 valence electrons. The molecule has 0 saturated carbocycles. The van der Waals surface area contributed by atoms with Gasteiger partial charge in [0.25, 0.3) is 0 Å². The first kappa shape index (κ1) is 22.2. The number of hydrogen-bond donors (Lipinski definition) is 0. The van der Waals surface area contributed by atoms with Gasteiger partial charge in [-0.3, -0.25) is 0 Å². The summed E-state index contributed by atoms with van der Waals surface area (Å²) in [6, 6.07) is 10.2. The molecule has 2 aromatic rings. The number of halogens is 6. The van der Waals surface area contributed by atoms with Gasteiger partial charge in [-0.25, -0.2) is 0 Å². The Morgan fingerprint density at radius 1 is 0.857 bits per heavy atom. The summed E-state index contributed by atoms with van der Waals surface area (Å²) in [5.41, 5.74) is -2.32. The fraction of sp³-hybridized carbons (Fsp3) is 0.368. The Kier molecular flexibility index (Phi) is 7.45. The lowest BCUT2D eigenvalue weighted by Crippen LogP contribution is -2.17. The van der Waals surface area contributed by atoms with Gasteiger partial charge in [0.15, 0.2) is 0 Å². The third kappa shape index (κ3) is 6.50. The summed E-state index contributed by atoms with van der Waals surface area (Å²) >= 11 is 0. The Morgan fingerprint density at radius 3 is 1.93 bits per heavy atom. The molecule has 0 amide bonds. The molecule has 0 aliphatic heterocycles. The fourth-order valence-electron chi connectivity index (χ4n) is 2.41. The van der Waals surface area contributed by atoms with Crippen LogP contribution in [0.1, 0.15) is 28.4 Å². The Bertz CT molecular complexity index is 711. The van der Waals surface area contributed by atoms with E-state index in [1.807, 2.05) is 0 Å². The minimum absolute atomic E-state index is 0.0711. The van der Waals surface area contributed by atoms with E-state index in [0.29, 0.717) is 12.1 Å². The van der Waals surface area contributed by atoms with Gasteiger partial charge >= 0.3 is 12.4 Å². The van der Waals surface area contributed by atoms with Crippen molar-refractivity contribution >= 4 is 0 Å². The normalized spacial score (nSPS) is 13.5. The molecule has 0 spiro atoms. The first-order chi connectivity index (χ1) is 13.1. The van der Waals surface area contributed by atoms with Gasteiger partial charge in [0.1, 0.15) is 12.9 Å². The second-order valence-corrected chi connectivity index (χ2v) is 5.90. The van der Waals surface area contributed by atoms with Crippen LogP contribution in [0.2, 0.25) is 0 Å². The fourth-order valence-corrected chi connectivity index (χ4v) is 2.41. The Hall–Kier alpha value is -2.10. The number of benzene rings is 2. The third-order valence-electron chi connectivity index (χ3n) is 3.75. The Labute approximate surface area is 157 Å². The van der Waals surface area contributed by atoms with Crippen molar-refractivity contribution in [3.63, 3.8) is 0 Å². The van der Waals surface area contributed by atoms with Crippen molar-refractivity contribution in [1.82, 2.24) is 0 Å². The van der Waals surface area contributed by atoms with Crippen molar-refractivity contribution in [2.75, 3.05) is 20.5 Å². The molecule has 3 nitrogen and oxygen atoms in total. The average Bonchev–Trinajstić information content (AvgIpc) is 2.63. The van der Waals surface area contributed by atoms with Gasteiger partial charge < -0.3 is 14.2 Å². The molecule has 1 atom stereocenters. The van der Waals surface area contributed by atoms with Crippen molar-refractivity contribution in [2.45, 2.75) is 25.1 Å². The molecule has 0 bridgehead atoms. The van der Waals surface area contributed by atoms with Crippen molar-refractivity contribution in [1.29, 1.82) is 0 Å². The Balaban J connectivity index is 2.27. The highest BCUT2D eigenvalue weighted by molar-refractivity contribution is 5.35. The first-order valence-corrected chi connectivity index (χ1v) is 8.13. The predicted octanol–water partition coefficient (Wildman–Crippen LogP) is 5.60. The topological polar surface area (TPSA) is 27.7 Å². The zero-order valence-corrected chi connectivity index (χ0v) is 14.8. The van der Waals surface area contributed by atoms with E-state index in [4.69, 9.17) is 14.2 Å². The van der Waals surface area contributed by atoms with E-state index in [0.717, 1.165) is 5.56 Å². The van der Waals surface area contributed by atoms with E-state index in [1.165, 1.54) is 7.11 Å². The largest absolute Gasteiger partial charge is 0.416 e. The van der Waals surface area contributed by atoms with Crippen molar-refractivity contribution in [2.24, 2.45) is 0 Å². The van der Waals surface area contributed by atoms with Crippen LogP contribution in [0, 0.1) is 0 Å². The van der Waals surface area contributed by atoms with Gasteiger partial charge in [0.05, 0.1) is 24.3 Å². The monoisotopic (exact) mass is 408 g/mol. The van der Waals surface area contributed by atoms with Crippen LogP contribution in [0.25, 0.3) is 0 Å². The van der Waals surface area contributed by atoms with Gasteiger partial charge in [0, 0.05) is 7.11 Å². The summed E-state index contributed by atoms with van der Waals surface area (Å²) in [5, 5.41) is 0. The van der Waals surface area contributed by atoms with Crippen LogP contribution in [-0.2, 0) is 33.2 Å². The van der Waals surface area contributed by atoms with Crippen LogP contribution in [0.5, 0.6) is 0 Å². The van der Waals surface area contributed by atoms with Gasteiger partial charge in [-0.05, 0) is 29.3 Å². The molecule has 9 heteroatoms. The minimum Gasteiger partial charge on any atom is -0.374 e. The number of rotatable bonds is 8. The van der Waals surface area contributed by atoms with Gasteiger partial charge in [-0.15, -0.1) is 0 Å². The van der Waals surface area contributed by atoms with E-state index in [1.54, 1.807) is 30.3 Å². The van der Waals surface area contributed by atoms with E-state index >= 15 is 0 Å². The summed E-state index contributed by atoms with van der Waals surface area (Å²) in [6.07, 6.45) is -11.0.